The smallest absolute Gasteiger partial charge is 0.207 e. The SMILES string of the molecule is CCCCN(C(C)CC)S(=O)(=O)c1ccc(CC#N)cc1. The van der Waals surface area contributed by atoms with E-state index in [1.807, 2.05) is 13.8 Å². The fourth-order valence-electron chi connectivity index (χ4n) is 2.10. The predicted molar refractivity (Wildman–Crippen MR) is 84.3 cm³/mol. The molecule has 0 saturated heterocycles. The Hall–Kier alpha value is -1.38. The highest BCUT2D eigenvalue weighted by Gasteiger charge is 2.27. The molecule has 1 unspecified atom stereocenters. The number of nitrogens with zero attached hydrogens (tertiary/aromatic N) is 2. The minimum atomic E-state index is -3.47. The predicted octanol–water partition coefficient (Wildman–Crippen LogP) is 3.34. The zero-order chi connectivity index (χ0) is 15.9. The lowest BCUT2D eigenvalue weighted by molar-refractivity contribution is 0.324. The molecule has 0 bridgehead atoms. The van der Waals surface area contributed by atoms with E-state index < -0.39 is 10.0 Å². The molecule has 116 valence electrons. The van der Waals surface area contributed by atoms with E-state index in [9.17, 15) is 8.42 Å². The molecule has 4 nitrogen and oxygen atoms in total. The van der Waals surface area contributed by atoms with Crippen molar-refractivity contribution in [2.24, 2.45) is 0 Å². The van der Waals surface area contributed by atoms with Crippen LogP contribution in [0.2, 0.25) is 0 Å². The lowest BCUT2D eigenvalue weighted by atomic mass is 10.2. The van der Waals surface area contributed by atoms with E-state index in [1.54, 1.807) is 28.6 Å². The summed E-state index contributed by atoms with van der Waals surface area (Å²) in [5, 5.41) is 8.66. The molecule has 1 aromatic carbocycles. The van der Waals surface area contributed by atoms with E-state index in [0.717, 1.165) is 24.8 Å². The van der Waals surface area contributed by atoms with Gasteiger partial charge in [-0.2, -0.15) is 9.57 Å². The molecular formula is C16H24N2O2S. The Labute approximate surface area is 128 Å². The molecule has 0 aromatic heterocycles. The van der Waals surface area contributed by atoms with Crippen LogP contribution in [0.1, 0.15) is 45.6 Å². The van der Waals surface area contributed by atoms with E-state index in [0.29, 0.717) is 17.9 Å². The van der Waals surface area contributed by atoms with Gasteiger partial charge in [0.2, 0.25) is 10.0 Å². The Morgan fingerprint density at radius 3 is 2.33 bits per heavy atom. The van der Waals surface area contributed by atoms with Crippen molar-refractivity contribution in [3.8, 4) is 6.07 Å². The Bertz CT molecular complexity index is 573. The van der Waals surface area contributed by atoms with Gasteiger partial charge in [-0.15, -0.1) is 0 Å². The average Bonchev–Trinajstić information content (AvgIpc) is 2.48. The summed E-state index contributed by atoms with van der Waals surface area (Å²) in [5.41, 5.74) is 0.833. The van der Waals surface area contributed by atoms with Crippen LogP contribution < -0.4 is 0 Å². The van der Waals surface area contributed by atoms with Crippen molar-refractivity contribution in [3.05, 3.63) is 29.8 Å². The van der Waals surface area contributed by atoms with Gasteiger partial charge in [0.1, 0.15) is 0 Å². The molecule has 1 atom stereocenters. The number of hydrogen-bond acceptors (Lipinski definition) is 3. The van der Waals surface area contributed by atoms with Gasteiger partial charge in [-0.1, -0.05) is 32.4 Å². The fraction of sp³-hybridized carbons (Fsp3) is 0.562. The van der Waals surface area contributed by atoms with Crippen molar-refractivity contribution < 1.29 is 8.42 Å². The summed E-state index contributed by atoms with van der Waals surface area (Å²) in [6, 6.07) is 8.67. The molecule has 0 heterocycles. The first kappa shape index (κ1) is 17.7. The molecule has 0 aliphatic rings. The van der Waals surface area contributed by atoms with Gasteiger partial charge in [-0.25, -0.2) is 8.42 Å². The van der Waals surface area contributed by atoms with Crippen molar-refractivity contribution in [2.75, 3.05) is 6.54 Å². The molecule has 0 fully saturated rings. The molecule has 0 amide bonds. The summed E-state index contributed by atoms with van der Waals surface area (Å²) in [6.07, 6.45) is 2.90. The maximum atomic E-state index is 12.8. The topological polar surface area (TPSA) is 61.2 Å². The van der Waals surface area contributed by atoms with Crippen LogP contribution in [-0.4, -0.2) is 25.3 Å². The van der Waals surface area contributed by atoms with Crippen molar-refractivity contribution in [1.82, 2.24) is 4.31 Å². The first-order chi connectivity index (χ1) is 9.97. The molecule has 0 spiro atoms. The van der Waals surface area contributed by atoms with Crippen LogP contribution in [0.25, 0.3) is 0 Å². The third-order valence-corrected chi connectivity index (χ3v) is 5.66. The normalized spacial score (nSPS) is 13.1. The number of nitriles is 1. The molecule has 5 heteroatoms. The van der Waals surface area contributed by atoms with Gasteiger partial charge in [-0.05, 0) is 37.5 Å². The lowest BCUT2D eigenvalue weighted by Gasteiger charge is -2.27. The Kier molecular flexibility index (Phi) is 6.86. The van der Waals surface area contributed by atoms with Gasteiger partial charge >= 0.3 is 0 Å². The molecule has 1 rings (SSSR count). The van der Waals surface area contributed by atoms with Crippen molar-refractivity contribution in [3.63, 3.8) is 0 Å². The highest BCUT2D eigenvalue weighted by atomic mass is 32.2. The zero-order valence-electron chi connectivity index (χ0n) is 13.0. The van der Waals surface area contributed by atoms with Gasteiger partial charge in [0.25, 0.3) is 0 Å². The van der Waals surface area contributed by atoms with Gasteiger partial charge < -0.3 is 0 Å². The summed E-state index contributed by atoms with van der Waals surface area (Å²) >= 11 is 0. The maximum Gasteiger partial charge on any atom is 0.243 e. The zero-order valence-corrected chi connectivity index (χ0v) is 13.9. The number of sulfonamides is 1. The first-order valence-electron chi connectivity index (χ1n) is 7.45. The van der Waals surface area contributed by atoms with Crippen LogP contribution in [0.15, 0.2) is 29.2 Å². The third-order valence-electron chi connectivity index (χ3n) is 3.63. The van der Waals surface area contributed by atoms with Crippen LogP contribution in [0, 0.1) is 11.3 Å². The highest BCUT2D eigenvalue weighted by molar-refractivity contribution is 7.89. The Balaban J connectivity index is 3.07. The molecule has 1 aromatic rings. The molecule has 0 N–H and O–H groups in total. The molecule has 0 radical (unpaired) electrons. The van der Waals surface area contributed by atoms with E-state index in [4.69, 9.17) is 5.26 Å². The second-order valence-corrected chi connectivity index (χ2v) is 7.10. The van der Waals surface area contributed by atoms with E-state index in [1.165, 1.54) is 0 Å². The number of hydrogen-bond donors (Lipinski definition) is 0. The van der Waals surface area contributed by atoms with Crippen LogP contribution in [0.4, 0.5) is 0 Å². The van der Waals surface area contributed by atoms with Gasteiger partial charge in [0.15, 0.2) is 0 Å². The highest BCUT2D eigenvalue weighted by Crippen LogP contribution is 2.21. The standard InChI is InChI=1S/C16H24N2O2S/c1-4-6-13-18(14(3)5-2)21(19,20)16-9-7-15(8-10-16)11-12-17/h7-10,14H,4-6,11,13H2,1-3H3. The lowest BCUT2D eigenvalue weighted by Crippen LogP contribution is -2.39. The molecule has 0 saturated carbocycles. The fourth-order valence-corrected chi connectivity index (χ4v) is 3.84. The monoisotopic (exact) mass is 308 g/mol. The number of unbranched alkanes of at least 4 members (excludes halogenated alkanes) is 1. The summed E-state index contributed by atoms with van der Waals surface area (Å²) in [6.45, 7) is 6.54. The largest absolute Gasteiger partial charge is 0.243 e. The van der Waals surface area contributed by atoms with Crippen molar-refractivity contribution in [1.29, 1.82) is 5.26 Å². The van der Waals surface area contributed by atoms with Gasteiger partial charge in [0.05, 0.1) is 17.4 Å². The molecule has 21 heavy (non-hydrogen) atoms. The molecular weight excluding hydrogens is 284 g/mol. The van der Waals surface area contributed by atoms with Crippen LogP contribution >= 0.6 is 0 Å². The van der Waals surface area contributed by atoms with E-state index in [-0.39, 0.29) is 6.04 Å². The van der Waals surface area contributed by atoms with Crippen LogP contribution in [0.5, 0.6) is 0 Å². The van der Waals surface area contributed by atoms with E-state index in [2.05, 4.69) is 13.0 Å². The second-order valence-electron chi connectivity index (χ2n) is 5.21. The molecule has 0 aliphatic heterocycles. The summed E-state index contributed by atoms with van der Waals surface area (Å²) in [7, 11) is -3.47. The average molecular weight is 308 g/mol. The summed E-state index contributed by atoms with van der Waals surface area (Å²) < 4.78 is 27.1. The number of benzene rings is 1. The van der Waals surface area contributed by atoms with E-state index >= 15 is 0 Å². The number of rotatable bonds is 8. The quantitative estimate of drug-likeness (QED) is 0.740. The summed E-state index contributed by atoms with van der Waals surface area (Å²) in [5.74, 6) is 0. The minimum absolute atomic E-state index is 0.0136. The Morgan fingerprint density at radius 2 is 1.86 bits per heavy atom. The minimum Gasteiger partial charge on any atom is -0.207 e. The first-order valence-corrected chi connectivity index (χ1v) is 8.89. The molecule has 0 aliphatic carbocycles. The van der Waals surface area contributed by atoms with Gasteiger partial charge in [0, 0.05) is 12.6 Å². The van der Waals surface area contributed by atoms with Crippen molar-refractivity contribution >= 4 is 10.0 Å². The van der Waals surface area contributed by atoms with Crippen LogP contribution in [0.3, 0.4) is 0 Å². The second kappa shape index (κ2) is 8.16. The Morgan fingerprint density at radius 1 is 1.24 bits per heavy atom. The van der Waals surface area contributed by atoms with Gasteiger partial charge in [-0.3, -0.25) is 0 Å². The third kappa shape index (κ3) is 4.55. The maximum absolute atomic E-state index is 12.8. The van der Waals surface area contributed by atoms with Crippen LogP contribution in [-0.2, 0) is 16.4 Å². The summed E-state index contributed by atoms with van der Waals surface area (Å²) in [4.78, 5) is 0.306. The van der Waals surface area contributed by atoms with Crippen molar-refractivity contribution in [2.45, 2.75) is 57.4 Å².